The highest BCUT2D eigenvalue weighted by Gasteiger charge is 2.31. The summed E-state index contributed by atoms with van der Waals surface area (Å²) in [5.74, 6) is -0.341. The summed E-state index contributed by atoms with van der Waals surface area (Å²) in [5, 5.41) is 0. The predicted octanol–water partition coefficient (Wildman–Crippen LogP) is 2.22. The van der Waals surface area contributed by atoms with Crippen LogP contribution in [-0.4, -0.2) is 43.7 Å². The molecular formula is C16H26O6. The molecule has 6 nitrogen and oxygen atoms in total. The third kappa shape index (κ3) is 6.58. The van der Waals surface area contributed by atoms with Crippen molar-refractivity contribution >= 4 is 11.9 Å². The van der Waals surface area contributed by atoms with Crippen LogP contribution in [0.1, 0.15) is 40.5 Å². The van der Waals surface area contributed by atoms with Crippen molar-refractivity contribution in [3.8, 4) is 0 Å². The molecule has 0 aromatic rings. The summed E-state index contributed by atoms with van der Waals surface area (Å²) in [6, 6.07) is 0. The SMILES string of the molecule is CCC(CC)CO[C@@H]1C=C[C@H](OC(C)=O)[C@@H](COC(C)=O)O1. The molecule has 0 aromatic carbocycles. The summed E-state index contributed by atoms with van der Waals surface area (Å²) < 4.78 is 21.6. The Morgan fingerprint density at radius 3 is 2.36 bits per heavy atom. The van der Waals surface area contributed by atoms with Crippen LogP contribution in [0.25, 0.3) is 0 Å². The maximum absolute atomic E-state index is 11.1. The highest BCUT2D eigenvalue weighted by molar-refractivity contribution is 5.66. The van der Waals surface area contributed by atoms with E-state index in [4.69, 9.17) is 18.9 Å². The van der Waals surface area contributed by atoms with Crippen molar-refractivity contribution in [2.75, 3.05) is 13.2 Å². The number of esters is 2. The van der Waals surface area contributed by atoms with Crippen LogP contribution in [-0.2, 0) is 28.5 Å². The van der Waals surface area contributed by atoms with Crippen LogP contribution in [0.15, 0.2) is 12.2 Å². The molecule has 0 spiro atoms. The summed E-state index contributed by atoms with van der Waals surface area (Å²) in [5.41, 5.74) is 0. The topological polar surface area (TPSA) is 71.1 Å². The fraction of sp³-hybridized carbons (Fsp3) is 0.750. The van der Waals surface area contributed by atoms with Crippen LogP contribution >= 0.6 is 0 Å². The molecule has 0 fully saturated rings. The summed E-state index contributed by atoms with van der Waals surface area (Å²) in [7, 11) is 0. The van der Waals surface area contributed by atoms with Gasteiger partial charge in [-0.3, -0.25) is 9.59 Å². The molecule has 1 aliphatic rings. The van der Waals surface area contributed by atoms with Gasteiger partial charge >= 0.3 is 11.9 Å². The van der Waals surface area contributed by atoms with E-state index in [0.29, 0.717) is 12.5 Å². The molecule has 126 valence electrons. The molecule has 6 heteroatoms. The molecule has 22 heavy (non-hydrogen) atoms. The lowest BCUT2D eigenvalue weighted by Gasteiger charge is -2.31. The maximum Gasteiger partial charge on any atom is 0.303 e. The van der Waals surface area contributed by atoms with Crippen LogP contribution in [0, 0.1) is 5.92 Å². The molecule has 0 radical (unpaired) electrons. The third-order valence-corrected chi connectivity index (χ3v) is 3.54. The monoisotopic (exact) mass is 314 g/mol. The van der Waals surface area contributed by atoms with E-state index in [2.05, 4.69) is 13.8 Å². The number of rotatable bonds is 8. The lowest BCUT2D eigenvalue weighted by molar-refractivity contribution is -0.199. The average molecular weight is 314 g/mol. The molecule has 0 bridgehead atoms. The highest BCUT2D eigenvalue weighted by atomic mass is 16.7. The van der Waals surface area contributed by atoms with Gasteiger partial charge in [-0.1, -0.05) is 26.7 Å². The van der Waals surface area contributed by atoms with Gasteiger partial charge in [-0.05, 0) is 18.1 Å². The fourth-order valence-corrected chi connectivity index (χ4v) is 2.11. The van der Waals surface area contributed by atoms with Crippen LogP contribution < -0.4 is 0 Å². The minimum atomic E-state index is -0.579. The van der Waals surface area contributed by atoms with E-state index >= 15 is 0 Å². The Morgan fingerprint density at radius 2 is 1.82 bits per heavy atom. The Morgan fingerprint density at radius 1 is 1.14 bits per heavy atom. The fourth-order valence-electron chi connectivity index (χ4n) is 2.11. The lowest BCUT2D eigenvalue weighted by Crippen LogP contribution is -2.42. The Kier molecular flexibility index (Phi) is 8.12. The molecule has 0 aliphatic carbocycles. The molecule has 0 saturated heterocycles. The molecule has 1 heterocycles. The second-order valence-corrected chi connectivity index (χ2v) is 5.32. The van der Waals surface area contributed by atoms with Gasteiger partial charge in [0.2, 0.25) is 0 Å². The van der Waals surface area contributed by atoms with Crippen LogP contribution in [0.4, 0.5) is 0 Å². The van der Waals surface area contributed by atoms with E-state index in [1.54, 1.807) is 12.2 Å². The number of hydrogen-bond donors (Lipinski definition) is 0. The molecule has 0 unspecified atom stereocenters. The van der Waals surface area contributed by atoms with Crippen LogP contribution in [0.5, 0.6) is 0 Å². The van der Waals surface area contributed by atoms with Gasteiger partial charge in [-0.25, -0.2) is 0 Å². The predicted molar refractivity (Wildman–Crippen MR) is 80.0 cm³/mol. The van der Waals surface area contributed by atoms with Crippen LogP contribution in [0.2, 0.25) is 0 Å². The van der Waals surface area contributed by atoms with Gasteiger partial charge in [0.15, 0.2) is 6.29 Å². The zero-order valence-corrected chi connectivity index (χ0v) is 13.7. The quantitative estimate of drug-likeness (QED) is 0.505. The molecule has 0 aromatic heterocycles. The van der Waals surface area contributed by atoms with Crippen molar-refractivity contribution in [2.24, 2.45) is 5.92 Å². The Bertz CT molecular complexity index is 388. The van der Waals surface area contributed by atoms with E-state index in [1.165, 1.54) is 13.8 Å². The lowest BCUT2D eigenvalue weighted by atomic mass is 10.1. The van der Waals surface area contributed by atoms with Crippen molar-refractivity contribution in [3.63, 3.8) is 0 Å². The summed E-state index contributed by atoms with van der Waals surface area (Å²) >= 11 is 0. The number of ether oxygens (including phenoxy) is 4. The first-order valence-corrected chi connectivity index (χ1v) is 7.72. The minimum absolute atomic E-state index is 0.0163. The highest BCUT2D eigenvalue weighted by Crippen LogP contribution is 2.19. The van der Waals surface area contributed by atoms with E-state index < -0.39 is 30.4 Å². The van der Waals surface area contributed by atoms with Gasteiger partial charge in [0.25, 0.3) is 0 Å². The molecule has 0 N–H and O–H groups in total. The molecule has 3 atom stereocenters. The first kappa shape index (κ1) is 18.6. The maximum atomic E-state index is 11.1. The van der Waals surface area contributed by atoms with Crippen molar-refractivity contribution in [3.05, 3.63) is 12.2 Å². The molecule has 1 aliphatic heterocycles. The van der Waals surface area contributed by atoms with Gasteiger partial charge in [0, 0.05) is 13.8 Å². The van der Waals surface area contributed by atoms with Gasteiger partial charge in [0.1, 0.15) is 18.8 Å². The van der Waals surface area contributed by atoms with E-state index in [9.17, 15) is 9.59 Å². The second-order valence-electron chi connectivity index (χ2n) is 5.32. The number of carbonyl (C=O) groups excluding carboxylic acids is 2. The number of hydrogen-bond acceptors (Lipinski definition) is 6. The largest absolute Gasteiger partial charge is 0.463 e. The number of carbonyl (C=O) groups is 2. The van der Waals surface area contributed by atoms with E-state index in [-0.39, 0.29) is 6.61 Å². The zero-order valence-electron chi connectivity index (χ0n) is 13.7. The van der Waals surface area contributed by atoms with Gasteiger partial charge in [0.05, 0.1) is 6.61 Å². The summed E-state index contributed by atoms with van der Waals surface area (Å²) in [4.78, 5) is 22.1. The molecule has 0 amide bonds. The van der Waals surface area contributed by atoms with E-state index in [0.717, 1.165) is 12.8 Å². The van der Waals surface area contributed by atoms with Gasteiger partial charge in [-0.2, -0.15) is 0 Å². The van der Waals surface area contributed by atoms with Crippen molar-refractivity contribution in [2.45, 2.75) is 59.0 Å². The van der Waals surface area contributed by atoms with Crippen molar-refractivity contribution < 1.29 is 28.5 Å². The molecular weight excluding hydrogens is 288 g/mol. The standard InChI is InChI=1S/C16H26O6/c1-5-13(6-2)9-20-16-8-7-14(21-12(4)18)15(22-16)10-19-11(3)17/h7-8,13-16H,5-6,9-10H2,1-4H3/t14-,15+,16-/m0/s1. The third-order valence-electron chi connectivity index (χ3n) is 3.54. The summed E-state index contributed by atoms with van der Waals surface area (Å²) in [6.45, 7) is 7.50. The van der Waals surface area contributed by atoms with Crippen LogP contribution in [0.3, 0.4) is 0 Å². The average Bonchev–Trinajstić information content (AvgIpc) is 2.47. The minimum Gasteiger partial charge on any atom is -0.463 e. The second kappa shape index (κ2) is 9.58. The Hall–Kier alpha value is -1.40. The van der Waals surface area contributed by atoms with Gasteiger partial charge < -0.3 is 18.9 Å². The first-order valence-electron chi connectivity index (χ1n) is 7.72. The molecule has 0 saturated carbocycles. The van der Waals surface area contributed by atoms with E-state index in [1.807, 2.05) is 0 Å². The Labute approximate surface area is 131 Å². The summed E-state index contributed by atoms with van der Waals surface area (Å²) in [6.07, 6.45) is 3.86. The Balaban J connectivity index is 2.60. The smallest absolute Gasteiger partial charge is 0.303 e. The first-order chi connectivity index (χ1) is 10.5. The van der Waals surface area contributed by atoms with Crippen molar-refractivity contribution in [1.82, 2.24) is 0 Å². The van der Waals surface area contributed by atoms with Gasteiger partial charge in [-0.15, -0.1) is 0 Å². The molecule has 1 rings (SSSR count). The normalized spacial score (nSPS) is 24.3. The van der Waals surface area contributed by atoms with Crippen molar-refractivity contribution in [1.29, 1.82) is 0 Å². The zero-order chi connectivity index (χ0) is 16.5.